The molecule has 0 aliphatic rings. The monoisotopic (exact) mass is 234 g/mol. The number of nitrogen functional groups attached to an aromatic ring is 1. The van der Waals surface area contributed by atoms with Gasteiger partial charge in [-0.1, -0.05) is 13.8 Å². The van der Waals surface area contributed by atoms with Gasteiger partial charge in [0.2, 0.25) is 0 Å². The fourth-order valence-corrected chi connectivity index (χ4v) is 2.40. The molecule has 0 aliphatic carbocycles. The maximum Gasteiger partial charge on any atom is 0.0413 e. The van der Waals surface area contributed by atoms with Crippen LogP contribution in [-0.4, -0.2) is 6.04 Å². The smallest absolute Gasteiger partial charge is 0.0413 e. The van der Waals surface area contributed by atoms with Gasteiger partial charge in [-0.3, -0.25) is 0 Å². The Balaban J connectivity index is 3.53. The van der Waals surface area contributed by atoms with E-state index in [1.807, 2.05) is 0 Å². The van der Waals surface area contributed by atoms with E-state index >= 15 is 0 Å². The van der Waals surface area contributed by atoms with Crippen LogP contribution in [0.2, 0.25) is 0 Å². The van der Waals surface area contributed by atoms with E-state index in [0.29, 0.717) is 12.0 Å². The SMILES string of the molecule is Cc1c(C)c(NC(C)C)c(C(C)C)c(C)c1N. The van der Waals surface area contributed by atoms with Gasteiger partial charge in [0, 0.05) is 17.4 Å². The van der Waals surface area contributed by atoms with Crippen molar-refractivity contribution in [2.75, 3.05) is 11.1 Å². The number of hydrogen-bond acceptors (Lipinski definition) is 2. The number of anilines is 2. The van der Waals surface area contributed by atoms with Gasteiger partial charge in [-0.2, -0.15) is 0 Å². The fraction of sp³-hybridized carbons (Fsp3) is 0.600. The lowest BCUT2D eigenvalue weighted by Crippen LogP contribution is -2.16. The summed E-state index contributed by atoms with van der Waals surface area (Å²) in [5.74, 6) is 0.484. The lowest BCUT2D eigenvalue weighted by atomic mass is 9.89. The van der Waals surface area contributed by atoms with Gasteiger partial charge >= 0.3 is 0 Å². The van der Waals surface area contributed by atoms with Crippen LogP contribution in [0, 0.1) is 20.8 Å². The van der Waals surface area contributed by atoms with Crippen molar-refractivity contribution in [1.29, 1.82) is 0 Å². The minimum absolute atomic E-state index is 0.439. The lowest BCUT2D eigenvalue weighted by molar-refractivity contribution is 0.835. The van der Waals surface area contributed by atoms with E-state index in [9.17, 15) is 0 Å². The molecule has 0 atom stereocenters. The zero-order valence-corrected chi connectivity index (χ0v) is 12.2. The highest BCUT2D eigenvalue weighted by molar-refractivity contribution is 5.73. The average Bonchev–Trinajstić information content (AvgIpc) is 2.22. The Kier molecular flexibility index (Phi) is 4.07. The zero-order valence-electron chi connectivity index (χ0n) is 12.2. The molecule has 0 aromatic heterocycles. The summed E-state index contributed by atoms with van der Waals surface area (Å²) >= 11 is 0. The van der Waals surface area contributed by atoms with Gasteiger partial charge < -0.3 is 11.1 Å². The summed E-state index contributed by atoms with van der Waals surface area (Å²) in [5.41, 5.74) is 13.5. The number of nitrogens with one attached hydrogen (secondary N) is 1. The normalized spacial score (nSPS) is 11.4. The molecule has 3 N–H and O–H groups in total. The van der Waals surface area contributed by atoms with Crippen LogP contribution in [0.1, 0.15) is 55.9 Å². The highest BCUT2D eigenvalue weighted by atomic mass is 14.9. The fourth-order valence-electron chi connectivity index (χ4n) is 2.40. The maximum absolute atomic E-state index is 6.19. The molecular weight excluding hydrogens is 208 g/mol. The van der Waals surface area contributed by atoms with Crippen molar-refractivity contribution in [3.63, 3.8) is 0 Å². The molecule has 0 saturated carbocycles. The molecule has 0 spiro atoms. The summed E-state index contributed by atoms with van der Waals surface area (Å²) in [7, 11) is 0. The van der Waals surface area contributed by atoms with Crippen LogP contribution < -0.4 is 11.1 Å². The van der Waals surface area contributed by atoms with Crippen molar-refractivity contribution in [1.82, 2.24) is 0 Å². The molecular formula is C15H26N2. The molecule has 0 heterocycles. The number of rotatable bonds is 3. The van der Waals surface area contributed by atoms with E-state index in [1.54, 1.807) is 0 Å². The van der Waals surface area contributed by atoms with E-state index in [0.717, 1.165) is 5.69 Å². The predicted octanol–water partition coefficient (Wildman–Crippen LogP) is 4.14. The first-order valence-corrected chi connectivity index (χ1v) is 6.43. The molecule has 2 heteroatoms. The number of nitrogens with two attached hydrogens (primary N) is 1. The molecule has 1 aromatic rings. The third kappa shape index (κ3) is 2.56. The van der Waals surface area contributed by atoms with Crippen molar-refractivity contribution in [2.45, 2.75) is 60.4 Å². The summed E-state index contributed by atoms with van der Waals surface area (Å²) in [4.78, 5) is 0. The second-order valence-corrected chi connectivity index (χ2v) is 5.53. The molecule has 17 heavy (non-hydrogen) atoms. The van der Waals surface area contributed by atoms with E-state index in [-0.39, 0.29) is 0 Å². The molecule has 2 nitrogen and oxygen atoms in total. The second kappa shape index (κ2) is 4.99. The molecule has 1 rings (SSSR count). The minimum Gasteiger partial charge on any atom is -0.398 e. The van der Waals surface area contributed by atoms with Gasteiger partial charge in [0.05, 0.1) is 0 Å². The van der Waals surface area contributed by atoms with E-state index < -0.39 is 0 Å². The van der Waals surface area contributed by atoms with Gasteiger partial charge in [-0.15, -0.1) is 0 Å². The standard InChI is InChI=1S/C15H26N2/c1-8(2)13-12(7)14(16)10(5)11(6)15(13)17-9(3)4/h8-9,17H,16H2,1-7H3. The minimum atomic E-state index is 0.439. The van der Waals surface area contributed by atoms with Gasteiger partial charge in [0.25, 0.3) is 0 Å². The van der Waals surface area contributed by atoms with Gasteiger partial charge in [0.1, 0.15) is 0 Å². The third-order valence-corrected chi connectivity index (χ3v) is 3.43. The van der Waals surface area contributed by atoms with Crippen LogP contribution >= 0.6 is 0 Å². The van der Waals surface area contributed by atoms with Crippen LogP contribution in [0.25, 0.3) is 0 Å². The Labute approximate surface area is 106 Å². The first-order valence-electron chi connectivity index (χ1n) is 6.43. The summed E-state index contributed by atoms with van der Waals surface area (Å²) in [6.07, 6.45) is 0. The van der Waals surface area contributed by atoms with Gasteiger partial charge in [-0.05, 0) is 62.8 Å². The van der Waals surface area contributed by atoms with Crippen LogP contribution in [0.5, 0.6) is 0 Å². The summed E-state index contributed by atoms with van der Waals surface area (Å²) in [6, 6.07) is 0.439. The largest absolute Gasteiger partial charge is 0.398 e. The van der Waals surface area contributed by atoms with E-state index in [2.05, 4.69) is 53.8 Å². The molecule has 0 saturated heterocycles. The Bertz CT molecular complexity index is 418. The first kappa shape index (κ1) is 13.9. The number of benzene rings is 1. The van der Waals surface area contributed by atoms with Gasteiger partial charge in [0.15, 0.2) is 0 Å². The highest BCUT2D eigenvalue weighted by Crippen LogP contribution is 2.37. The third-order valence-electron chi connectivity index (χ3n) is 3.43. The quantitative estimate of drug-likeness (QED) is 0.771. The summed E-state index contributed by atoms with van der Waals surface area (Å²) in [5, 5.41) is 3.58. The molecule has 0 radical (unpaired) electrons. The van der Waals surface area contributed by atoms with Crippen molar-refractivity contribution < 1.29 is 0 Å². The molecule has 0 fully saturated rings. The van der Waals surface area contributed by atoms with Crippen LogP contribution in [-0.2, 0) is 0 Å². The zero-order chi connectivity index (χ0) is 13.3. The topological polar surface area (TPSA) is 38.0 Å². The Morgan fingerprint density at radius 3 is 1.82 bits per heavy atom. The first-order chi connectivity index (χ1) is 7.77. The molecule has 0 bridgehead atoms. The Morgan fingerprint density at radius 2 is 1.41 bits per heavy atom. The molecule has 96 valence electrons. The average molecular weight is 234 g/mol. The number of hydrogen-bond donors (Lipinski definition) is 2. The van der Waals surface area contributed by atoms with Crippen LogP contribution in [0.4, 0.5) is 11.4 Å². The summed E-state index contributed by atoms with van der Waals surface area (Å²) < 4.78 is 0. The van der Waals surface area contributed by atoms with Crippen LogP contribution in [0.3, 0.4) is 0 Å². The van der Waals surface area contributed by atoms with Crippen LogP contribution in [0.15, 0.2) is 0 Å². The lowest BCUT2D eigenvalue weighted by Gasteiger charge is -2.25. The van der Waals surface area contributed by atoms with Gasteiger partial charge in [-0.25, -0.2) is 0 Å². The van der Waals surface area contributed by atoms with Crippen molar-refractivity contribution in [2.24, 2.45) is 0 Å². The van der Waals surface area contributed by atoms with Crippen molar-refractivity contribution >= 4 is 11.4 Å². The van der Waals surface area contributed by atoms with Crippen molar-refractivity contribution in [3.05, 3.63) is 22.3 Å². The maximum atomic E-state index is 6.19. The van der Waals surface area contributed by atoms with E-state index in [1.165, 1.54) is 27.9 Å². The Morgan fingerprint density at radius 1 is 0.882 bits per heavy atom. The molecule has 0 amide bonds. The van der Waals surface area contributed by atoms with Crippen molar-refractivity contribution in [3.8, 4) is 0 Å². The molecule has 1 aromatic carbocycles. The molecule has 0 aliphatic heterocycles. The van der Waals surface area contributed by atoms with E-state index in [4.69, 9.17) is 5.73 Å². The highest BCUT2D eigenvalue weighted by Gasteiger charge is 2.18. The Hall–Kier alpha value is -1.18. The second-order valence-electron chi connectivity index (χ2n) is 5.53. The molecule has 0 unspecified atom stereocenters. The predicted molar refractivity (Wildman–Crippen MR) is 77.9 cm³/mol. The summed E-state index contributed by atoms with van der Waals surface area (Å²) in [6.45, 7) is 15.2.